The Morgan fingerprint density at radius 1 is 0.842 bits per heavy atom. The number of aryl methyl sites for hydroxylation is 2. The smallest absolute Gasteiger partial charge is 0.0181 e. The number of halogens is 1. The molecule has 2 aromatic carbocycles. The van der Waals surface area contributed by atoms with Crippen LogP contribution in [0, 0.1) is 6.92 Å². The summed E-state index contributed by atoms with van der Waals surface area (Å²) in [4.78, 5) is 0. The third-order valence-electron chi connectivity index (χ3n) is 3.50. The highest BCUT2D eigenvalue weighted by molar-refractivity contribution is 8.93. The summed E-state index contributed by atoms with van der Waals surface area (Å²) in [5, 5.41) is 0. The Kier molecular flexibility index (Phi) is 6.86. The first-order valence-electron chi connectivity index (χ1n) is 6.96. The lowest BCUT2D eigenvalue weighted by atomic mass is 9.97. The van der Waals surface area contributed by atoms with Gasteiger partial charge in [-0.3, -0.25) is 0 Å². The van der Waals surface area contributed by atoms with Crippen LogP contribution in [0.1, 0.15) is 37.3 Å². The first-order valence-corrected chi connectivity index (χ1v) is 6.96. The molecule has 0 radical (unpaired) electrons. The first-order chi connectivity index (χ1) is 8.81. The zero-order valence-corrected chi connectivity index (χ0v) is 13.6. The van der Waals surface area contributed by atoms with Crippen LogP contribution in [0.15, 0.2) is 48.5 Å². The molecule has 0 atom stereocenters. The minimum absolute atomic E-state index is 0. The highest BCUT2D eigenvalue weighted by atomic mass is 79.9. The molecule has 0 aliphatic heterocycles. The number of unbranched alkanes of at least 4 members (excludes halogenated alkanes) is 2. The second-order valence-corrected chi connectivity index (χ2v) is 4.96. The molecule has 0 amide bonds. The number of rotatable bonds is 5. The molecule has 0 aliphatic carbocycles. The van der Waals surface area contributed by atoms with Crippen LogP contribution >= 0.6 is 17.0 Å². The molecule has 0 nitrogen and oxygen atoms in total. The van der Waals surface area contributed by atoms with E-state index in [9.17, 15) is 0 Å². The van der Waals surface area contributed by atoms with Gasteiger partial charge in [0.1, 0.15) is 0 Å². The van der Waals surface area contributed by atoms with Gasteiger partial charge in [-0.15, -0.1) is 17.0 Å². The highest BCUT2D eigenvalue weighted by Crippen LogP contribution is 2.23. The maximum Gasteiger partial charge on any atom is -0.0181 e. The number of benzene rings is 2. The maximum atomic E-state index is 2.32. The van der Waals surface area contributed by atoms with E-state index in [-0.39, 0.29) is 17.0 Å². The molecule has 19 heavy (non-hydrogen) atoms. The predicted octanol–water partition coefficient (Wildman–Crippen LogP) is 5.97. The van der Waals surface area contributed by atoms with E-state index in [1.807, 2.05) is 0 Å². The monoisotopic (exact) mass is 318 g/mol. The van der Waals surface area contributed by atoms with E-state index in [1.54, 1.807) is 0 Å². The number of hydrogen-bond acceptors (Lipinski definition) is 0. The summed E-state index contributed by atoms with van der Waals surface area (Å²) >= 11 is 0. The minimum Gasteiger partial charge on any atom is -0.114 e. The van der Waals surface area contributed by atoms with Gasteiger partial charge in [-0.05, 0) is 42.0 Å². The molecule has 0 bridgehead atoms. The summed E-state index contributed by atoms with van der Waals surface area (Å²) in [6.07, 6.45) is 5.15. The zero-order valence-electron chi connectivity index (χ0n) is 11.9. The van der Waals surface area contributed by atoms with Gasteiger partial charge in [-0.1, -0.05) is 68.3 Å². The Hall–Kier alpha value is -1.08. The summed E-state index contributed by atoms with van der Waals surface area (Å²) in [5.41, 5.74) is 5.56. The van der Waals surface area contributed by atoms with Gasteiger partial charge in [-0.2, -0.15) is 0 Å². The van der Waals surface area contributed by atoms with Gasteiger partial charge in [0.15, 0.2) is 0 Å². The van der Waals surface area contributed by atoms with Crippen LogP contribution in [0.25, 0.3) is 11.1 Å². The molecule has 0 aromatic heterocycles. The summed E-state index contributed by atoms with van der Waals surface area (Å²) in [6.45, 7) is 4.49. The molecule has 0 saturated carbocycles. The molecule has 102 valence electrons. The predicted molar refractivity (Wildman–Crippen MR) is 90.2 cm³/mol. The second-order valence-electron chi connectivity index (χ2n) is 4.96. The third kappa shape index (κ3) is 4.50. The molecule has 1 heteroatoms. The average Bonchev–Trinajstić information content (AvgIpc) is 2.42. The summed E-state index contributed by atoms with van der Waals surface area (Å²) < 4.78 is 0. The molecule has 0 fully saturated rings. The lowest BCUT2D eigenvalue weighted by Gasteiger charge is -2.08. The molecule has 0 N–H and O–H groups in total. The summed E-state index contributed by atoms with van der Waals surface area (Å²) in [7, 11) is 0. The van der Waals surface area contributed by atoms with Crippen LogP contribution < -0.4 is 0 Å². The Labute approximate surface area is 127 Å². The highest BCUT2D eigenvalue weighted by Gasteiger charge is 2.01. The SMILES string of the molecule is Br.CCCCCc1ccc(-c2ccccc2)cc1C. The van der Waals surface area contributed by atoms with E-state index in [2.05, 4.69) is 62.4 Å². The fraction of sp³-hybridized carbons (Fsp3) is 0.333. The normalized spacial score (nSPS) is 10.0. The molecule has 2 rings (SSSR count). The lowest BCUT2D eigenvalue weighted by Crippen LogP contribution is -1.91. The Bertz CT molecular complexity index is 488. The van der Waals surface area contributed by atoms with Gasteiger partial charge in [0.2, 0.25) is 0 Å². The number of hydrogen-bond donors (Lipinski definition) is 0. The van der Waals surface area contributed by atoms with E-state index in [4.69, 9.17) is 0 Å². The molecule has 0 spiro atoms. The lowest BCUT2D eigenvalue weighted by molar-refractivity contribution is 0.715. The van der Waals surface area contributed by atoms with Crippen molar-refractivity contribution in [1.29, 1.82) is 0 Å². The molecule has 2 aromatic rings. The van der Waals surface area contributed by atoms with Crippen molar-refractivity contribution < 1.29 is 0 Å². The van der Waals surface area contributed by atoms with Crippen LogP contribution in [0.3, 0.4) is 0 Å². The Morgan fingerprint density at radius 3 is 2.21 bits per heavy atom. The topological polar surface area (TPSA) is 0 Å². The van der Waals surface area contributed by atoms with E-state index in [1.165, 1.54) is 47.9 Å². The van der Waals surface area contributed by atoms with Crippen LogP contribution in [0.5, 0.6) is 0 Å². The Morgan fingerprint density at radius 2 is 1.58 bits per heavy atom. The third-order valence-corrected chi connectivity index (χ3v) is 3.50. The quantitative estimate of drug-likeness (QED) is 0.595. The van der Waals surface area contributed by atoms with Crippen molar-refractivity contribution >= 4 is 17.0 Å². The van der Waals surface area contributed by atoms with Gasteiger partial charge < -0.3 is 0 Å². The summed E-state index contributed by atoms with van der Waals surface area (Å²) in [6, 6.07) is 17.5. The van der Waals surface area contributed by atoms with Crippen molar-refractivity contribution in [1.82, 2.24) is 0 Å². The Balaban J connectivity index is 0.00000180. The van der Waals surface area contributed by atoms with Crippen molar-refractivity contribution in [2.75, 3.05) is 0 Å². The van der Waals surface area contributed by atoms with Crippen LogP contribution in [-0.4, -0.2) is 0 Å². The van der Waals surface area contributed by atoms with Gasteiger partial charge >= 0.3 is 0 Å². The summed E-state index contributed by atoms with van der Waals surface area (Å²) in [5.74, 6) is 0. The largest absolute Gasteiger partial charge is 0.114 e. The molecule has 0 aliphatic rings. The fourth-order valence-electron chi connectivity index (χ4n) is 2.35. The fourth-order valence-corrected chi connectivity index (χ4v) is 2.35. The molecule has 0 saturated heterocycles. The van der Waals surface area contributed by atoms with E-state index in [0.29, 0.717) is 0 Å². The van der Waals surface area contributed by atoms with Gasteiger partial charge in [0, 0.05) is 0 Å². The van der Waals surface area contributed by atoms with Crippen LogP contribution in [0.4, 0.5) is 0 Å². The maximum absolute atomic E-state index is 2.32. The van der Waals surface area contributed by atoms with E-state index < -0.39 is 0 Å². The molecule has 0 heterocycles. The van der Waals surface area contributed by atoms with Crippen LogP contribution in [-0.2, 0) is 6.42 Å². The van der Waals surface area contributed by atoms with Crippen molar-refractivity contribution in [3.05, 3.63) is 59.7 Å². The van der Waals surface area contributed by atoms with E-state index in [0.717, 1.165) is 0 Å². The second kappa shape index (κ2) is 8.16. The van der Waals surface area contributed by atoms with E-state index >= 15 is 0 Å². The first kappa shape index (κ1) is 16.0. The molecular weight excluding hydrogens is 296 g/mol. The minimum atomic E-state index is 0. The molecular formula is C18H23Br. The van der Waals surface area contributed by atoms with Gasteiger partial charge in [0.05, 0.1) is 0 Å². The van der Waals surface area contributed by atoms with Gasteiger partial charge in [-0.25, -0.2) is 0 Å². The van der Waals surface area contributed by atoms with Gasteiger partial charge in [0.25, 0.3) is 0 Å². The standard InChI is InChI=1S/C18H22.BrH/c1-3-4-6-9-16-12-13-18(14-15(16)2)17-10-7-5-8-11-17;/h5,7-8,10-14H,3-4,6,9H2,1-2H3;1H. The van der Waals surface area contributed by atoms with Crippen molar-refractivity contribution in [2.24, 2.45) is 0 Å². The van der Waals surface area contributed by atoms with Crippen molar-refractivity contribution in [2.45, 2.75) is 39.5 Å². The van der Waals surface area contributed by atoms with Crippen molar-refractivity contribution in [3.8, 4) is 11.1 Å². The van der Waals surface area contributed by atoms with Crippen molar-refractivity contribution in [3.63, 3.8) is 0 Å². The zero-order chi connectivity index (χ0) is 12.8. The molecule has 0 unspecified atom stereocenters. The van der Waals surface area contributed by atoms with Crippen LogP contribution in [0.2, 0.25) is 0 Å². The average molecular weight is 319 g/mol.